The van der Waals surface area contributed by atoms with Gasteiger partial charge in [0.15, 0.2) is 10.9 Å². The van der Waals surface area contributed by atoms with E-state index in [1.54, 1.807) is 19.1 Å². The van der Waals surface area contributed by atoms with Crippen LogP contribution in [0.15, 0.2) is 24.3 Å². The van der Waals surface area contributed by atoms with Crippen LogP contribution in [0.5, 0.6) is 0 Å². The zero-order valence-electron chi connectivity index (χ0n) is 22.5. The number of Topliss-reactive ketones (excluding diaryl/α,β-unsaturated/α-hetero) is 1. The number of amides is 2. The third kappa shape index (κ3) is 6.79. The number of urea groups is 1. The number of aromatic nitrogens is 1. The summed E-state index contributed by atoms with van der Waals surface area (Å²) in [5, 5.41) is 6.60. The van der Waals surface area contributed by atoms with Gasteiger partial charge in [-0.25, -0.2) is 14.2 Å². The lowest BCUT2D eigenvalue weighted by Gasteiger charge is -2.47. The van der Waals surface area contributed by atoms with Crippen LogP contribution < -0.4 is 10.6 Å². The number of nitrogens with one attached hydrogen (secondary N) is 2. The van der Waals surface area contributed by atoms with Gasteiger partial charge < -0.3 is 10.2 Å². The number of ketones is 1. The van der Waals surface area contributed by atoms with Crippen LogP contribution in [0.3, 0.4) is 0 Å². The Morgan fingerprint density at radius 1 is 1.08 bits per heavy atom. The van der Waals surface area contributed by atoms with Gasteiger partial charge in [0.2, 0.25) is 0 Å². The average Bonchev–Trinajstić information content (AvgIpc) is 3.21. The highest BCUT2D eigenvalue weighted by molar-refractivity contribution is 7.17. The Kier molecular flexibility index (Phi) is 8.75. The van der Waals surface area contributed by atoms with Gasteiger partial charge in [0.25, 0.3) is 0 Å². The Hall–Kier alpha value is -2.36. The standard InChI is InChI=1S/C29H40FN5O2S/c1-19-27(20(2)36)38-29(31-19)33-28(37)32-26-12-14-35(25-6-3-7-25)18-23(26)17-34-13-4-5-22(16-34)15-21-8-10-24(30)11-9-21/h8-11,22-23,25-26H,3-7,12-18H2,1-2H3,(H2,31,32,33,37)/t22-,23+,26+/m0/s1. The van der Waals surface area contributed by atoms with Crippen LogP contribution >= 0.6 is 11.3 Å². The fourth-order valence-electron chi connectivity index (χ4n) is 6.37. The van der Waals surface area contributed by atoms with Crippen LogP contribution in [0.1, 0.15) is 66.4 Å². The van der Waals surface area contributed by atoms with Crippen molar-refractivity contribution in [3.8, 4) is 0 Å². The first-order valence-corrected chi connectivity index (χ1v) is 14.9. The second-order valence-corrected chi connectivity index (χ2v) is 12.4. The second kappa shape index (κ2) is 12.2. The number of carbonyl (C=O) groups is 2. The molecule has 206 valence electrons. The summed E-state index contributed by atoms with van der Waals surface area (Å²) in [6, 6.07) is 7.49. The molecule has 1 aromatic heterocycles. The second-order valence-electron chi connectivity index (χ2n) is 11.4. The van der Waals surface area contributed by atoms with Crippen molar-refractivity contribution >= 4 is 28.3 Å². The van der Waals surface area contributed by atoms with Crippen molar-refractivity contribution in [2.45, 2.75) is 70.9 Å². The van der Waals surface area contributed by atoms with E-state index in [0.29, 0.717) is 33.6 Å². The highest BCUT2D eigenvalue weighted by Gasteiger charge is 2.36. The number of halogens is 1. The number of nitrogens with zero attached hydrogens (tertiary/aromatic N) is 3. The first-order chi connectivity index (χ1) is 18.3. The molecule has 2 aliphatic heterocycles. The molecule has 2 N–H and O–H groups in total. The number of benzene rings is 1. The van der Waals surface area contributed by atoms with Gasteiger partial charge >= 0.3 is 6.03 Å². The van der Waals surface area contributed by atoms with Crippen molar-refractivity contribution in [1.29, 1.82) is 0 Å². The number of likely N-dealkylation sites (tertiary alicyclic amines) is 2. The van der Waals surface area contributed by atoms with Crippen LogP contribution in [0.2, 0.25) is 0 Å². The largest absolute Gasteiger partial charge is 0.335 e. The highest BCUT2D eigenvalue weighted by atomic mass is 32.1. The van der Waals surface area contributed by atoms with E-state index in [1.807, 2.05) is 12.1 Å². The monoisotopic (exact) mass is 541 g/mol. The molecule has 1 aliphatic carbocycles. The normalized spacial score (nSPS) is 25.1. The molecule has 3 heterocycles. The molecule has 1 saturated carbocycles. The molecule has 3 aliphatic rings. The summed E-state index contributed by atoms with van der Waals surface area (Å²) < 4.78 is 13.3. The number of hydrogen-bond acceptors (Lipinski definition) is 6. The fraction of sp³-hybridized carbons (Fsp3) is 0.621. The number of carbonyl (C=O) groups excluding carboxylic acids is 2. The van der Waals surface area contributed by atoms with Gasteiger partial charge in [-0.15, -0.1) is 0 Å². The molecule has 0 radical (unpaired) electrons. The summed E-state index contributed by atoms with van der Waals surface area (Å²) in [6.45, 7) is 8.45. The van der Waals surface area contributed by atoms with E-state index in [-0.39, 0.29) is 23.7 Å². The van der Waals surface area contributed by atoms with E-state index in [2.05, 4.69) is 25.4 Å². The van der Waals surface area contributed by atoms with Crippen molar-refractivity contribution in [3.05, 3.63) is 46.2 Å². The molecule has 3 atom stereocenters. The molecule has 0 bridgehead atoms. The van der Waals surface area contributed by atoms with Crippen molar-refractivity contribution in [2.24, 2.45) is 11.8 Å². The number of rotatable bonds is 8. The lowest BCUT2D eigenvalue weighted by Crippen LogP contribution is -2.58. The van der Waals surface area contributed by atoms with E-state index in [9.17, 15) is 14.0 Å². The molecule has 0 unspecified atom stereocenters. The van der Waals surface area contributed by atoms with Crippen LogP contribution in [0, 0.1) is 24.6 Å². The Labute approximate surface area is 229 Å². The van der Waals surface area contributed by atoms with E-state index < -0.39 is 0 Å². The Morgan fingerprint density at radius 2 is 1.87 bits per heavy atom. The molecule has 2 aromatic rings. The first-order valence-electron chi connectivity index (χ1n) is 14.1. The van der Waals surface area contributed by atoms with E-state index in [4.69, 9.17) is 0 Å². The third-order valence-electron chi connectivity index (χ3n) is 8.54. The van der Waals surface area contributed by atoms with Gasteiger partial charge in [-0.05, 0) is 75.6 Å². The number of aryl methyl sites for hydroxylation is 1. The summed E-state index contributed by atoms with van der Waals surface area (Å²) in [5.41, 5.74) is 1.86. The van der Waals surface area contributed by atoms with Crippen molar-refractivity contribution in [1.82, 2.24) is 20.1 Å². The lowest BCUT2D eigenvalue weighted by molar-refractivity contribution is 0.0396. The van der Waals surface area contributed by atoms with E-state index in [1.165, 1.54) is 55.9 Å². The van der Waals surface area contributed by atoms with E-state index >= 15 is 0 Å². The van der Waals surface area contributed by atoms with Gasteiger partial charge in [-0.3, -0.25) is 15.0 Å². The topological polar surface area (TPSA) is 77.6 Å². The van der Waals surface area contributed by atoms with Gasteiger partial charge in [-0.2, -0.15) is 0 Å². The van der Waals surface area contributed by atoms with Gasteiger partial charge in [0.05, 0.1) is 10.6 Å². The molecule has 9 heteroatoms. The Balaban J connectivity index is 1.21. The molecule has 2 saturated heterocycles. The molecule has 5 rings (SSSR count). The lowest BCUT2D eigenvalue weighted by atomic mass is 9.84. The third-order valence-corrected chi connectivity index (χ3v) is 9.72. The number of hydrogen-bond donors (Lipinski definition) is 2. The molecule has 7 nitrogen and oxygen atoms in total. The Bertz CT molecular complexity index is 1120. The SMILES string of the molecule is CC(=O)c1sc(NC(=O)N[C@@H]2CCN(C3CCC3)C[C@H]2CN2CCC[C@@H](Cc3ccc(F)cc3)C2)nc1C. The zero-order chi connectivity index (χ0) is 26.6. The minimum Gasteiger partial charge on any atom is -0.335 e. The predicted octanol–water partition coefficient (Wildman–Crippen LogP) is 5.11. The van der Waals surface area contributed by atoms with Crippen molar-refractivity contribution < 1.29 is 14.0 Å². The van der Waals surface area contributed by atoms with Gasteiger partial charge in [0, 0.05) is 51.1 Å². The van der Waals surface area contributed by atoms with Crippen LogP contribution in [0.4, 0.5) is 14.3 Å². The maximum Gasteiger partial charge on any atom is 0.321 e. The van der Waals surface area contributed by atoms with Crippen LogP contribution in [0.25, 0.3) is 0 Å². The molecular weight excluding hydrogens is 501 g/mol. The fourth-order valence-corrected chi connectivity index (χ4v) is 7.22. The Morgan fingerprint density at radius 3 is 2.55 bits per heavy atom. The average molecular weight is 542 g/mol. The summed E-state index contributed by atoms with van der Waals surface area (Å²) in [6.07, 6.45) is 8.19. The van der Waals surface area contributed by atoms with Gasteiger partial charge in [-0.1, -0.05) is 29.9 Å². The van der Waals surface area contributed by atoms with Gasteiger partial charge in [0.1, 0.15) is 5.82 Å². The first kappa shape index (κ1) is 27.2. The minimum absolute atomic E-state index is 0.0313. The molecule has 1 aromatic carbocycles. The smallest absolute Gasteiger partial charge is 0.321 e. The molecule has 3 fully saturated rings. The maximum atomic E-state index is 13.3. The van der Waals surface area contributed by atoms with E-state index in [0.717, 1.165) is 45.6 Å². The summed E-state index contributed by atoms with van der Waals surface area (Å²) >= 11 is 1.23. The highest BCUT2D eigenvalue weighted by Crippen LogP contribution is 2.31. The molecule has 2 amide bonds. The minimum atomic E-state index is -0.242. The summed E-state index contributed by atoms with van der Waals surface area (Å²) in [5.74, 6) is 0.708. The number of anilines is 1. The van der Waals surface area contributed by atoms with Crippen LogP contribution in [-0.2, 0) is 6.42 Å². The number of thiazole rings is 1. The zero-order valence-corrected chi connectivity index (χ0v) is 23.4. The summed E-state index contributed by atoms with van der Waals surface area (Å²) in [7, 11) is 0. The maximum absolute atomic E-state index is 13.3. The molecule has 38 heavy (non-hydrogen) atoms. The van der Waals surface area contributed by atoms with Crippen LogP contribution in [-0.4, -0.2) is 71.4 Å². The summed E-state index contributed by atoms with van der Waals surface area (Å²) in [4.78, 5) is 35.0. The quantitative estimate of drug-likeness (QED) is 0.454. The van der Waals surface area contributed by atoms with Crippen molar-refractivity contribution in [2.75, 3.05) is 38.0 Å². The molecular formula is C29H40FN5O2S. The number of piperidine rings is 2. The van der Waals surface area contributed by atoms with Crippen molar-refractivity contribution in [3.63, 3.8) is 0 Å². The molecule has 0 spiro atoms. The predicted molar refractivity (Wildman–Crippen MR) is 149 cm³/mol.